The topological polar surface area (TPSA) is 66.5 Å². The standard InChI is InChI=1S/C23H24N2O3S2/c1-16-8-12-21(13-9-16)30(27,28)25(3)22-14-18(11-10-17(22)2)23(26)24-19-6-5-7-20(15-19)29-4/h5-15H,1-4H3,(H,24,26). The Morgan fingerprint density at radius 2 is 1.67 bits per heavy atom. The maximum absolute atomic E-state index is 13.1. The number of rotatable bonds is 6. The SMILES string of the molecule is CSc1cccc(NC(=O)c2ccc(C)c(N(C)S(=O)(=O)c3ccc(C)cc3)c2)c1. The summed E-state index contributed by atoms with van der Waals surface area (Å²) in [6, 6.07) is 19.3. The first-order valence-corrected chi connectivity index (χ1v) is 12.0. The number of nitrogens with one attached hydrogen (secondary N) is 1. The highest BCUT2D eigenvalue weighted by atomic mass is 32.2. The van der Waals surface area contributed by atoms with E-state index in [0.717, 1.165) is 16.0 Å². The first-order valence-electron chi connectivity index (χ1n) is 9.34. The fourth-order valence-corrected chi connectivity index (χ4v) is 4.70. The van der Waals surface area contributed by atoms with Crippen molar-refractivity contribution in [1.29, 1.82) is 0 Å². The molecule has 0 atom stereocenters. The van der Waals surface area contributed by atoms with Gasteiger partial charge in [-0.05, 0) is 68.1 Å². The van der Waals surface area contributed by atoms with E-state index in [1.165, 1.54) is 11.4 Å². The molecule has 3 aromatic rings. The van der Waals surface area contributed by atoms with Crippen LogP contribution in [0.1, 0.15) is 21.5 Å². The third-order valence-corrected chi connectivity index (χ3v) is 7.33. The molecular formula is C23H24N2O3S2. The second-order valence-electron chi connectivity index (χ2n) is 6.97. The predicted molar refractivity (Wildman–Crippen MR) is 124 cm³/mol. The van der Waals surface area contributed by atoms with E-state index < -0.39 is 10.0 Å². The molecule has 0 heterocycles. The van der Waals surface area contributed by atoms with Crippen LogP contribution < -0.4 is 9.62 Å². The maximum atomic E-state index is 13.1. The Bertz CT molecular complexity index is 1170. The Labute approximate surface area is 182 Å². The minimum Gasteiger partial charge on any atom is -0.322 e. The zero-order valence-corrected chi connectivity index (χ0v) is 19.0. The third-order valence-electron chi connectivity index (χ3n) is 4.82. The minimum atomic E-state index is -3.74. The number of aryl methyl sites for hydroxylation is 2. The van der Waals surface area contributed by atoms with Gasteiger partial charge in [0.2, 0.25) is 0 Å². The highest BCUT2D eigenvalue weighted by Gasteiger charge is 2.23. The minimum absolute atomic E-state index is 0.207. The monoisotopic (exact) mass is 440 g/mol. The van der Waals surface area contributed by atoms with E-state index in [0.29, 0.717) is 16.9 Å². The molecule has 156 valence electrons. The summed E-state index contributed by atoms with van der Waals surface area (Å²) in [5.41, 5.74) is 3.28. The molecule has 0 aromatic heterocycles. The number of carbonyl (C=O) groups is 1. The van der Waals surface area contributed by atoms with Gasteiger partial charge in [-0.3, -0.25) is 9.10 Å². The van der Waals surface area contributed by atoms with Crippen molar-refractivity contribution in [3.63, 3.8) is 0 Å². The van der Waals surface area contributed by atoms with Crippen molar-refractivity contribution in [3.8, 4) is 0 Å². The van der Waals surface area contributed by atoms with E-state index in [4.69, 9.17) is 0 Å². The lowest BCUT2D eigenvalue weighted by Crippen LogP contribution is -2.27. The van der Waals surface area contributed by atoms with Crippen LogP contribution in [0.3, 0.4) is 0 Å². The summed E-state index contributed by atoms with van der Waals surface area (Å²) in [5.74, 6) is -0.296. The van der Waals surface area contributed by atoms with Crippen LogP contribution in [0.5, 0.6) is 0 Å². The van der Waals surface area contributed by atoms with Gasteiger partial charge in [-0.15, -0.1) is 11.8 Å². The molecule has 3 rings (SSSR count). The summed E-state index contributed by atoms with van der Waals surface area (Å²) in [6.45, 7) is 3.72. The summed E-state index contributed by atoms with van der Waals surface area (Å²) in [4.78, 5) is 14.0. The lowest BCUT2D eigenvalue weighted by Gasteiger charge is -2.22. The largest absolute Gasteiger partial charge is 0.322 e. The number of nitrogens with zero attached hydrogens (tertiary/aromatic N) is 1. The van der Waals surface area contributed by atoms with Crippen molar-refractivity contribution >= 4 is 39.1 Å². The van der Waals surface area contributed by atoms with E-state index in [-0.39, 0.29) is 10.8 Å². The van der Waals surface area contributed by atoms with Gasteiger partial charge in [-0.1, -0.05) is 29.8 Å². The summed E-state index contributed by atoms with van der Waals surface area (Å²) < 4.78 is 27.3. The van der Waals surface area contributed by atoms with Gasteiger partial charge in [0.25, 0.3) is 15.9 Å². The first-order chi connectivity index (χ1) is 14.2. The van der Waals surface area contributed by atoms with E-state index in [1.54, 1.807) is 54.2 Å². The molecule has 0 radical (unpaired) electrons. The Hall–Kier alpha value is -2.77. The molecule has 0 aliphatic carbocycles. The number of anilines is 2. The van der Waals surface area contributed by atoms with Gasteiger partial charge >= 0.3 is 0 Å². The molecule has 30 heavy (non-hydrogen) atoms. The highest BCUT2D eigenvalue weighted by Crippen LogP contribution is 2.27. The molecule has 1 N–H and O–H groups in total. The molecule has 0 bridgehead atoms. The van der Waals surface area contributed by atoms with Crippen LogP contribution in [-0.2, 0) is 10.0 Å². The van der Waals surface area contributed by atoms with E-state index in [9.17, 15) is 13.2 Å². The second kappa shape index (κ2) is 8.93. The quantitative estimate of drug-likeness (QED) is 0.542. The van der Waals surface area contributed by atoms with Gasteiger partial charge in [-0.2, -0.15) is 0 Å². The van der Waals surface area contributed by atoms with Crippen LogP contribution in [0.25, 0.3) is 0 Å². The molecule has 1 amide bonds. The van der Waals surface area contributed by atoms with E-state index in [2.05, 4.69) is 5.32 Å². The van der Waals surface area contributed by atoms with Crippen molar-refractivity contribution in [2.24, 2.45) is 0 Å². The van der Waals surface area contributed by atoms with E-state index >= 15 is 0 Å². The lowest BCUT2D eigenvalue weighted by molar-refractivity contribution is 0.102. The van der Waals surface area contributed by atoms with Gasteiger partial charge < -0.3 is 5.32 Å². The third kappa shape index (κ3) is 4.68. The average Bonchev–Trinajstić information content (AvgIpc) is 2.74. The number of sulfonamides is 1. The average molecular weight is 441 g/mol. The Kier molecular flexibility index (Phi) is 6.53. The molecule has 0 saturated carbocycles. The number of hydrogen-bond donors (Lipinski definition) is 1. The van der Waals surface area contributed by atoms with Gasteiger partial charge in [0.15, 0.2) is 0 Å². The van der Waals surface area contributed by atoms with Gasteiger partial charge in [-0.25, -0.2) is 8.42 Å². The molecule has 0 spiro atoms. The van der Waals surface area contributed by atoms with Gasteiger partial charge in [0, 0.05) is 23.2 Å². The normalized spacial score (nSPS) is 11.2. The zero-order chi connectivity index (χ0) is 21.9. The van der Waals surface area contributed by atoms with Crippen LogP contribution in [0.4, 0.5) is 11.4 Å². The molecule has 5 nitrogen and oxygen atoms in total. The fourth-order valence-electron chi connectivity index (χ4n) is 2.99. The van der Waals surface area contributed by atoms with Crippen molar-refractivity contribution in [2.45, 2.75) is 23.6 Å². The molecule has 3 aromatic carbocycles. The molecule has 7 heteroatoms. The Morgan fingerprint density at radius 1 is 0.967 bits per heavy atom. The van der Waals surface area contributed by atoms with Crippen molar-refractivity contribution in [1.82, 2.24) is 0 Å². The fraction of sp³-hybridized carbons (Fsp3) is 0.174. The molecular weight excluding hydrogens is 416 g/mol. The van der Waals surface area contributed by atoms with Crippen molar-refractivity contribution in [3.05, 3.63) is 83.4 Å². The predicted octanol–water partition coefficient (Wildman–Crippen LogP) is 5.10. The number of hydrogen-bond acceptors (Lipinski definition) is 4. The molecule has 0 aliphatic rings. The zero-order valence-electron chi connectivity index (χ0n) is 17.3. The number of thioether (sulfide) groups is 1. The Balaban J connectivity index is 1.90. The molecule has 0 saturated heterocycles. The van der Waals surface area contributed by atoms with Crippen LogP contribution in [0.2, 0.25) is 0 Å². The smallest absolute Gasteiger partial charge is 0.264 e. The second-order valence-corrected chi connectivity index (χ2v) is 9.82. The number of amides is 1. The Morgan fingerprint density at radius 3 is 2.33 bits per heavy atom. The molecule has 0 unspecified atom stereocenters. The van der Waals surface area contributed by atoms with Gasteiger partial charge in [0.05, 0.1) is 10.6 Å². The van der Waals surface area contributed by atoms with Crippen LogP contribution >= 0.6 is 11.8 Å². The first kappa shape index (κ1) is 21.9. The molecule has 0 fully saturated rings. The highest BCUT2D eigenvalue weighted by molar-refractivity contribution is 7.98. The summed E-state index contributed by atoms with van der Waals surface area (Å²) in [7, 11) is -2.24. The van der Waals surface area contributed by atoms with Gasteiger partial charge in [0.1, 0.15) is 0 Å². The lowest BCUT2D eigenvalue weighted by atomic mass is 10.1. The van der Waals surface area contributed by atoms with E-state index in [1.807, 2.05) is 44.4 Å². The van der Waals surface area contributed by atoms with Crippen molar-refractivity contribution in [2.75, 3.05) is 22.9 Å². The summed E-state index contributed by atoms with van der Waals surface area (Å²) >= 11 is 1.59. The van der Waals surface area contributed by atoms with Crippen molar-refractivity contribution < 1.29 is 13.2 Å². The molecule has 0 aliphatic heterocycles. The summed E-state index contributed by atoms with van der Waals surface area (Å²) in [5, 5.41) is 2.87. The maximum Gasteiger partial charge on any atom is 0.264 e. The number of benzene rings is 3. The summed E-state index contributed by atoms with van der Waals surface area (Å²) in [6.07, 6.45) is 1.97. The van der Waals surface area contributed by atoms with Crippen LogP contribution in [-0.4, -0.2) is 27.6 Å². The van der Waals surface area contributed by atoms with Crippen LogP contribution in [0, 0.1) is 13.8 Å². The van der Waals surface area contributed by atoms with Crippen LogP contribution in [0.15, 0.2) is 76.5 Å². The number of carbonyl (C=O) groups excluding carboxylic acids is 1.